The van der Waals surface area contributed by atoms with Crippen molar-refractivity contribution in [2.75, 3.05) is 4.72 Å². The minimum Gasteiger partial charge on any atom is -0.280 e. The fraction of sp³-hybridized carbons (Fsp3) is 0. The van der Waals surface area contributed by atoms with E-state index in [0.29, 0.717) is 5.69 Å². The lowest BCUT2D eigenvalue weighted by Gasteiger charge is -2.08. The molecule has 0 spiro atoms. The second-order valence-corrected chi connectivity index (χ2v) is 5.95. The van der Waals surface area contributed by atoms with Crippen LogP contribution in [0.2, 0.25) is 0 Å². The van der Waals surface area contributed by atoms with Gasteiger partial charge < -0.3 is 0 Å². The number of sulfonamides is 1. The molecule has 1 N–H and O–H groups in total. The van der Waals surface area contributed by atoms with Crippen molar-refractivity contribution in [1.82, 2.24) is 4.98 Å². The lowest BCUT2D eigenvalue weighted by Crippen LogP contribution is -2.13. The molecular formula is C11H8BrFN2O2S. The molecule has 0 unspecified atom stereocenters. The lowest BCUT2D eigenvalue weighted by molar-refractivity contribution is 0.599. The third kappa shape index (κ3) is 2.85. The highest BCUT2D eigenvalue weighted by Crippen LogP contribution is 2.21. The zero-order chi connectivity index (χ0) is 13.2. The topological polar surface area (TPSA) is 59.1 Å². The molecule has 1 aromatic heterocycles. The molecule has 18 heavy (non-hydrogen) atoms. The summed E-state index contributed by atoms with van der Waals surface area (Å²) in [6, 6.07) is 6.54. The number of hydrogen-bond acceptors (Lipinski definition) is 3. The predicted molar refractivity (Wildman–Crippen MR) is 69.1 cm³/mol. The molecule has 7 heteroatoms. The molecule has 0 aliphatic carbocycles. The van der Waals surface area contributed by atoms with Crippen LogP contribution in [-0.2, 0) is 10.0 Å². The first-order valence-corrected chi connectivity index (χ1v) is 7.14. The molecule has 0 aliphatic rings. The first kappa shape index (κ1) is 13.0. The first-order chi connectivity index (χ1) is 8.49. The van der Waals surface area contributed by atoms with Crippen LogP contribution < -0.4 is 4.72 Å². The van der Waals surface area contributed by atoms with Gasteiger partial charge >= 0.3 is 0 Å². The number of hydrogen-bond donors (Lipinski definition) is 1. The van der Waals surface area contributed by atoms with Gasteiger partial charge in [0.25, 0.3) is 10.0 Å². The van der Waals surface area contributed by atoms with Gasteiger partial charge in [-0.25, -0.2) is 12.8 Å². The number of pyridine rings is 1. The van der Waals surface area contributed by atoms with Gasteiger partial charge in [-0.15, -0.1) is 0 Å². The van der Waals surface area contributed by atoms with Crippen molar-refractivity contribution in [2.45, 2.75) is 4.90 Å². The number of rotatable bonds is 3. The lowest BCUT2D eigenvalue weighted by atomic mass is 10.3. The third-order valence-electron chi connectivity index (χ3n) is 2.13. The van der Waals surface area contributed by atoms with Crippen LogP contribution >= 0.6 is 15.9 Å². The van der Waals surface area contributed by atoms with Crippen molar-refractivity contribution >= 4 is 31.6 Å². The molecule has 0 saturated heterocycles. The number of benzene rings is 1. The number of nitrogens with zero attached hydrogens (tertiary/aromatic N) is 1. The molecule has 0 atom stereocenters. The van der Waals surface area contributed by atoms with E-state index in [-0.39, 0.29) is 9.37 Å². The van der Waals surface area contributed by atoms with Crippen LogP contribution in [0.1, 0.15) is 0 Å². The quantitative estimate of drug-likeness (QED) is 0.941. The Labute approximate surface area is 112 Å². The molecule has 2 aromatic rings. The summed E-state index contributed by atoms with van der Waals surface area (Å²) in [6.07, 6.45) is 2.94. The van der Waals surface area contributed by atoms with E-state index in [1.54, 1.807) is 0 Å². The maximum Gasteiger partial charge on any atom is 0.261 e. The highest BCUT2D eigenvalue weighted by molar-refractivity contribution is 9.10. The van der Waals surface area contributed by atoms with E-state index in [4.69, 9.17) is 0 Å². The van der Waals surface area contributed by atoms with Gasteiger partial charge in [-0.2, -0.15) is 0 Å². The Morgan fingerprint density at radius 1 is 1.17 bits per heavy atom. The van der Waals surface area contributed by atoms with Crippen LogP contribution in [0.5, 0.6) is 0 Å². The molecule has 94 valence electrons. The van der Waals surface area contributed by atoms with Crippen molar-refractivity contribution in [3.8, 4) is 0 Å². The molecule has 0 aliphatic heterocycles. The van der Waals surface area contributed by atoms with Crippen LogP contribution in [0.25, 0.3) is 0 Å². The molecule has 0 fully saturated rings. The summed E-state index contributed by atoms with van der Waals surface area (Å²) in [6.45, 7) is 0. The molecule has 1 aromatic carbocycles. The van der Waals surface area contributed by atoms with E-state index in [0.717, 1.165) is 6.07 Å². The van der Waals surface area contributed by atoms with Crippen molar-refractivity contribution in [3.63, 3.8) is 0 Å². The maximum atomic E-state index is 13.0. The summed E-state index contributed by atoms with van der Waals surface area (Å²) in [5, 5.41) is 0. The molecule has 4 nitrogen and oxygen atoms in total. The van der Waals surface area contributed by atoms with Gasteiger partial charge in [0.2, 0.25) is 0 Å². The Kier molecular flexibility index (Phi) is 3.63. The van der Waals surface area contributed by atoms with E-state index >= 15 is 0 Å². The van der Waals surface area contributed by atoms with Gasteiger partial charge in [-0.3, -0.25) is 9.71 Å². The summed E-state index contributed by atoms with van der Waals surface area (Å²) in [4.78, 5) is 3.76. The van der Waals surface area contributed by atoms with Crippen LogP contribution in [0.4, 0.5) is 10.1 Å². The average molecular weight is 331 g/mol. The number of nitrogens with one attached hydrogen (secondary N) is 1. The summed E-state index contributed by atoms with van der Waals surface area (Å²) in [5.74, 6) is -0.516. The Morgan fingerprint density at radius 3 is 2.44 bits per heavy atom. The fourth-order valence-corrected chi connectivity index (χ4v) is 2.89. The van der Waals surface area contributed by atoms with Crippen LogP contribution in [0.3, 0.4) is 0 Å². The number of aromatic nitrogens is 1. The van der Waals surface area contributed by atoms with Crippen LogP contribution in [0.15, 0.2) is 52.1 Å². The molecule has 0 saturated carbocycles. The highest BCUT2D eigenvalue weighted by Gasteiger charge is 2.15. The van der Waals surface area contributed by atoms with Crippen molar-refractivity contribution in [1.29, 1.82) is 0 Å². The SMILES string of the molecule is O=S(=O)(Nc1ccncc1)c1ccc(F)c(Br)c1. The average Bonchev–Trinajstić information content (AvgIpc) is 2.33. The van der Waals surface area contributed by atoms with Gasteiger partial charge in [-0.1, -0.05) is 0 Å². The summed E-state index contributed by atoms with van der Waals surface area (Å²) in [7, 11) is -3.73. The number of halogens is 2. The molecule has 0 bridgehead atoms. The van der Waals surface area contributed by atoms with Crippen molar-refractivity contribution < 1.29 is 12.8 Å². The van der Waals surface area contributed by atoms with E-state index < -0.39 is 15.8 Å². The normalized spacial score (nSPS) is 11.2. The smallest absolute Gasteiger partial charge is 0.261 e. The molecule has 0 radical (unpaired) electrons. The number of anilines is 1. The van der Waals surface area contributed by atoms with E-state index in [1.165, 1.54) is 36.7 Å². The monoisotopic (exact) mass is 330 g/mol. The van der Waals surface area contributed by atoms with Crippen molar-refractivity contribution in [2.24, 2.45) is 0 Å². The van der Waals surface area contributed by atoms with Crippen LogP contribution in [-0.4, -0.2) is 13.4 Å². The maximum absolute atomic E-state index is 13.0. The minimum absolute atomic E-state index is 0.0208. The Morgan fingerprint density at radius 2 is 1.83 bits per heavy atom. The van der Waals surface area contributed by atoms with Gasteiger partial charge in [0.05, 0.1) is 15.1 Å². The van der Waals surface area contributed by atoms with Gasteiger partial charge in [0, 0.05) is 12.4 Å². The summed E-state index contributed by atoms with van der Waals surface area (Å²) in [5.41, 5.74) is 0.394. The second-order valence-electron chi connectivity index (χ2n) is 3.42. The summed E-state index contributed by atoms with van der Waals surface area (Å²) < 4.78 is 39.5. The Balaban J connectivity index is 2.34. The third-order valence-corrected chi connectivity index (χ3v) is 4.12. The van der Waals surface area contributed by atoms with Gasteiger partial charge in [0.15, 0.2) is 0 Å². The predicted octanol–water partition coefficient (Wildman–Crippen LogP) is 2.78. The standard InChI is InChI=1S/C11H8BrFN2O2S/c12-10-7-9(1-2-11(10)13)18(16,17)15-8-3-5-14-6-4-8/h1-7H,(H,14,15). The molecule has 1 heterocycles. The zero-order valence-electron chi connectivity index (χ0n) is 8.97. The first-order valence-electron chi connectivity index (χ1n) is 4.87. The zero-order valence-corrected chi connectivity index (χ0v) is 11.4. The summed E-state index contributed by atoms with van der Waals surface area (Å²) >= 11 is 2.95. The van der Waals surface area contributed by atoms with Crippen molar-refractivity contribution in [3.05, 3.63) is 53.0 Å². The largest absolute Gasteiger partial charge is 0.280 e. The van der Waals surface area contributed by atoms with Gasteiger partial charge in [0.1, 0.15) is 5.82 Å². The highest BCUT2D eigenvalue weighted by atomic mass is 79.9. The fourth-order valence-electron chi connectivity index (χ4n) is 1.28. The molecule has 2 rings (SSSR count). The van der Waals surface area contributed by atoms with E-state index in [2.05, 4.69) is 25.6 Å². The Bertz CT molecular complexity index is 662. The molecule has 0 amide bonds. The van der Waals surface area contributed by atoms with E-state index in [9.17, 15) is 12.8 Å². The Hall–Kier alpha value is -1.47. The van der Waals surface area contributed by atoms with Gasteiger partial charge in [-0.05, 0) is 46.3 Å². The second kappa shape index (κ2) is 5.03. The van der Waals surface area contributed by atoms with E-state index in [1.807, 2.05) is 0 Å². The minimum atomic E-state index is -3.73. The molecular weight excluding hydrogens is 323 g/mol. The van der Waals surface area contributed by atoms with Crippen LogP contribution in [0, 0.1) is 5.82 Å².